The van der Waals surface area contributed by atoms with Gasteiger partial charge in [-0.15, -0.1) is 0 Å². The number of hydrogen-bond donors (Lipinski definition) is 0. The van der Waals surface area contributed by atoms with Crippen LogP contribution in [-0.4, -0.2) is 12.0 Å². The van der Waals surface area contributed by atoms with E-state index in [0.717, 1.165) is 0 Å². The van der Waals surface area contributed by atoms with Crippen LogP contribution in [0.4, 0.5) is 0 Å². The van der Waals surface area contributed by atoms with E-state index in [1.54, 1.807) is 0 Å². The summed E-state index contributed by atoms with van der Waals surface area (Å²) in [5, 5.41) is 0. The molecule has 0 fully saturated rings. The lowest BCUT2D eigenvalue weighted by Crippen LogP contribution is -2.40. The maximum Gasteiger partial charge on any atom is 0.0225 e. The Labute approximate surface area is 140 Å². The molecule has 0 amide bonds. The smallest absolute Gasteiger partial charge is 0.0225 e. The molecule has 0 saturated heterocycles. The first kappa shape index (κ1) is 17.1. The minimum absolute atomic E-state index is 0.0218. The van der Waals surface area contributed by atoms with Gasteiger partial charge in [0.1, 0.15) is 0 Å². The summed E-state index contributed by atoms with van der Waals surface area (Å²) in [5.74, 6) is 1.24. The predicted octanol–water partition coefficient (Wildman–Crippen LogP) is 6.16. The Morgan fingerprint density at radius 3 is 1.64 bits per heavy atom. The highest BCUT2D eigenvalue weighted by Crippen LogP contribution is 2.49. The third-order valence-corrected chi connectivity index (χ3v) is 5.90. The van der Waals surface area contributed by atoms with E-state index in [4.69, 9.17) is 0 Å². The minimum Gasteiger partial charge on any atom is -0.165 e. The summed E-state index contributed by atoms with van der Waals surface area (Å²) < 4.78 is 0. The van der Waals surface area contributed by atoms with Gasteiger partial charge in [0.15, 0.2) is 0 Å². The topological polar surface area (TPSA) is 0 Å². The van der Waals surface area contributed by atoms with E-state index in [1.165, 1.54) is 29.7 Å². The van der Waals surface area contributed by atoms with Crippen LogP contribution in [0.15, 0.2) is 60.7 Å². The molecule has 0 aliphatic rings. The second-order valence-electron chi connectivity index (χ2n) is 6.84. The first-order chi connectivity index (χ1) is 10.5. The minimum atomic E-state index is 0.0218. The summed E-state index contributed by atoms with van der Waals surface area (Å²) in [6.45, 7) is 7.26. The van der Waals surface area contributed by atoms with E-state index in [1.807, 2.05) is 11.8 Å². The zero-order valence-corrected chi connectivity index (χ0v) is 15.1. The van der Waals surface area contributed by atoms with Crippen LogP contribution in [0.2, 0.25) is 0 Å². The van der Waals surface area contributed by atoms with E-state index in [-0.39, 0.29) is 10.8 Å². The highest BCUT2D eigenvalue weighted by atomic mass is 32.2. The second kappa shape index (κ2) is 7.37. The van der Waals surface area contributed by atoms with E-state index in [2.05, 4.69) is 87.7 Å². The Bertz CT molecular complexity index is 517. The Morgan fingerprint density at radius 1 is 0.773 bits per heavy atom. The molecule has 118 valence electrons. The molecular weight excluding hydrogens is 284 g/mol. The van der Waals surface area contributed by atoms with Crippen molar-refractivity contribution in [3.05, 3.63) is 71.8 Å². The zero-order chi connectivity index (χ0) is 16.1. The molecule has 0 aliphatic carbocycles. The van der Waals surface area contributed by atoms with Crippen molar-refractivity contribution in [3.8, 4) is 0 Å². The first-order valence-electron chi connectivity index (χ1n) is 8.12. The van der Waals surface area contributed by atoms with E-state index < -0.39 is 0 Å². The van der Waals surface area contributed by atoms with Gasteiger partial charge in [-0.25, -0.2) is 0 Å². The van der Waals surface area contributed by atoms with Crippen LogP contribution in [-0.2, 0) is 5.41 Å². The van der Waals surface area contributed by atoms with Crippen molar-refractivity contribution in [1.82, 2.24) is 0 Å². The molecule has 0 nitrogen and oxygen atoms in total. The Morgan fingerprint density at radius 2 is 1.23 bits per heavy atom. The fraction of sp³-hybridized carbons (Fsp3) is 0.429. The molecule has 0 aromatic heterocycles. The van der Waals surface area contributed by atoms with Crippen molar-refractivity contribution in [2.24, 2.45) is 5.41 Å². The standard InChI is InChI=1S/C21H28S/c1-20(2,16-11-17-22-4)21(3,18-12-7-5-8-13-18)19-14-9-6-10-15-19/h5-10,12-15H,11,16-17H2,1-4H3. The van der Waals surface area contributed by atoms with Gasteiger partial charge in [-0.05, 0) is 41.4 Å². The Kier molecular flexibility index (Phi) is 5.74. The van der Waals surface area contributed by atoms with Crippen LogP contribution in [0.3, 0.4) is 0 Å². The molecule has 0 atom stereocenters. The van der Waals surface area contributed by atoms with Crippen molar-refractivity contribution in [2.75, 3.05) is 12.0 Å². The lowest BCUT2D eigenvalue weighted by atomic mass is 9.58. The Balaban J connectivity index is 2.46. The van der Waals surface area contributed by atoms with Gasteiger partial charge in [0.25, 0.3) is 0 Å². The normalized spacial score (nSPS) is 12.4. The number of thioether (sulfide) groups is 1. The fourth-order valence-corrected chi connectivity index (χ4v) is 3.83. The van der Waals surface area contributed by atoms with Crippen molar-refractivity contribution in [1.29, 1.82) is 0 Å². The maximum atomic E-state index is 2.42. The van der Waals surface area contributed by atoms with Crippen molar-refractivity contribution in [2.45, 2.75) is 39.0 Å². The molecule has 0 spiro atoms. The molecule has 0 N–H and O–H groups in total. The monoisotopic (exact) mass is 312 g/mol. The molecule has 2 aromatic rings. The van der Waals surface area contributed by atoms with Gasteiger partial charge in [-0.3, -0.25) is 0 Å². The molecule has 0 saturated carbocycles. The third kappa shape index (κ3) is 3.41. The van der Waals surface area contributed by atoms with Crippen LogP contribution in [0.25, 0.3) is 0 Å². The molecule has 0 heterocycles. The zero-order valence-electron chi connectivity index (χ0n) is 14.3. The number of benzene rings is 2. The quantitative estimate of drug-likeness (QED) is 0.551. The molecule has 0 aliphatic heterocycles. The van der Waals surface area contributed by atoms with E-state index >= 15 is 0 Å². The highest BCUT2D eigenvalue weighted by molar-refractivity contribution is 7.98. The summed E-state index contributed by atoms with van der Waals surface area (Å²) >= 11 is 1.94. The van der Waals surface area contributed by atoms with E-state index in [0.29, 0.717) is 0 Å². The van der Waals surface area contributed by atoms with Gasteiger partial charge in [0.05, 0.1) is 0 Å². The van der Waals surface area contributed by atoms with Gasteiger partial charge in [-0.1, -0.05) is 81.4 Å². The molecule has 0 radical (unpaired) electrons. The summed E-state index contributed by atoms with van der Waals surface area (Å²) in [4.78, 5) is 0. The lowest BCUT2D eigenvalue weighted by molar-refractivity contribution is 0.199. The van der Waals surface area contributed by atoms with Gasteiger partial charge in [0.2, 0.25) is 0 Å². The van der Waals surface area contributed by atoms with Gasteiger partial charge < -0.3 is 0 Å². The summed E-state index contributed by atoms with van der Waals surface area (Å²) in [5.41, 5.74) is 3.05. The van der Waals surface area contributed by atoms with Crippen molar-refractivity contribution >= 4 is 11.8 Å². The van der Waals surface area contributed by atoms with Crippen LogP contribution in [0.5, 0.6) is 0 Å². The first-order valence-corrected chi connectivity index (χ1v) is 9.52. The maximum absolute atomic E-state index is 2.42. The number of rotatable bonds is 7. The molecule has 0 bridgehead atoms. The molecule has 0 unspecified atom stereocenters. The summed E-state index contributed by atoms with van der Waals surface area (Å²) in [6.07, 6.45) is 4.69. The van der Waals surface area contributed by atoms with Crippen LogP contribution >= 0.6 is 11.8 Å². The number of hydrogen-bond acceptors (Lipinski definition) is 1. The summed E-state index contributed by atoms with van der Waals surface area (Å²) in [6, 6.07) is 22.0. The average Bonchev–Trinajstić information content (AvgIpc) is 2.55. The van der Waals surface area contributed by atoms with Crippen molar-refractivity contribution in [3.63, 3.8) is 0 Å². The lowest BCUT2D eigenvalue weighted by Gasteiger charge is -2.46. The molecule has 22 heavy (non-hydrogen) atoms. The van der Waals surface area contributed by atoms with Crippen LogP contribution < -0.4 is 0 Å². The predicted molar refractivity (Wildman–Crippen MR) is 101 cm³/mol. The molecule has 2 rings (SSSR count). The van der Waals surface area contributed by atoms with Crippen LogP contribution in [0.1, 0.15) is 44.7 Å². The fourth-order valence-electron chi connectivity index (χ4n) is 3.40. The molecule has 2 aromatic carbocycles. The SMILES string of the molecule is CSCCCC(C)(C)C(C)(c1ccccc1)c1ccccc1. The van der Waals surface area contributed by atoms with Gasteiger partial charge >= 0.3 is 0 Å². The van der Waals surface area contributed by atoms with Crippen molar-refractivity contribution < 1.29 is 0 Å². The molecule has 1 heteroatoms. The third-order valence-electron chi connectivity index (χ3n) is 5.21. The van der Waals surface area contributed by atoms with E-state index in [9.17, 15) is 0 Å². The second-order valence-corrected chi connectivity index (χ2v) is 7.82. The highest BCUT2D eigenvalue weighted by Gasteiger charge is 2.43. The van der Waals surface area contributed by atoms with Gasteiger partial charge in [-0.2, -0.15) is 11.8 Å². The largest absolute Gasteiger partial charge is 0.165 e. The van der Waals surface area contributed by atoms with Crippen LogP contribution in [0, 0.1) is 5.41 Å². The molecular formula is C21H28S. The average molecular weight is 313 g/mol. The van der Waals surface area contributed by atoms with Gasteiger partial charge in [0, 0.05) is 5.41 Å². The Hall–Kier alpha value is -1.21. The summed E-state index contributed by atoms with van der Waals surface area (Å²) in [7, 11) is 0.